The Kier molecular flexibility index (Phi) is 5.66. The third-order valence-corrected chi connectivity index (χ3v) is 5.12. The van der Waals surface area contributed by atoms with E-state index in [0.717, 1.165) is 16.5 Å². The molecule has 4 aromatic rings. The summed E-state index contributed by atoms with van der Waals surface area (Å²) in [5.41, 5.74) is 3.07. The van der Waals surface area contributed by atoms with Gasteiger partial charge in [0.05, 0.1) is 11.1 Å². The largest absolute Gasteiger partial charge is 0.350 e. The number of nitrogens with zero attached hydrogens (tertiary/aromatic N) is 3. The van der Waals surface area contributed by atoms with Crippen molar-refractivity contribution in [2.75, 3.05) is 0 Å². The van der Waals surface area contributed by atoms with Crippen LogP contribution in [-0.4, -0.2) is 20.6 Å². The van der Waals surface area contributed by atoms with Gasteiger partial charge in [-0.15, -0.1) is 0 Å². The lowest BCUT2D eigenvalue weighted by molar-refractivity contribution is -0.121. The van der Waals surface area contributed by atoms with Crippen molar-refractivity contribution >= 4 is 16.8 Å². The van der Waals surface area contributed by atoms with Crippen LogP contribution in [0, 0.1) is 6.92 Å². The highest BCUT2D eigenvalue weighted by atomic mass is 16.5. The number of para-hydroxylation sites is 1. The summed E-state index contributed by atoms with van der Waals surface area (Å²) in [6.07, 6.45) is 0. The van der Waals surface area contributed by atoms with Gasteiger partial charge in [-0.2, -0.15) is 4.98 Å². The molecule has 2 heterocycles. The maximum atomic E-state index is 12.9. The summed E-state index contributed by atoms with van der Waals surface area (Å²) in [7, 11) is 0. The van der Waals surface area contributed by atoms with Gasteiger partial charge < -0.3 is 9.84 Å². The van der Waals surface area contributed by atoms with Crippen molar-refractivity contribution < 1.29 is 9.32 Å². The molecule has 1 N–H and O–H groups in total. The van der Waals surface area contributed by atoms with Gasteiger partial charge in [-0.25, -0.2) is 0 Å². The molecule has 1 amide bonds. The third-order valence-electron chi connectivity index (χ3n) is 5.12. The summed E-state index contributed by atoms with van der Waals surface area (Å²) < 4.78 is 6.86. The Morgan fingerprint density at radius 3 is 2.58 bits per heavy atom. The second-order valence-electron chi connectivity index (χ2n) is 7.87. The topological polar surface area (TPSA) is 90.0 Å². The van der Waals surface area contributed by atoms with Gasteiger partial charge in [0.15, 0.2) is 5.82 Å². The van der Waals surface area contributed by atoms with Crippen LogP contribution in [0.1, 0.15) is 36.7 Å². The number of aromatic nitrogens is 3. The molecular weight excluding hydrogens is 392 g/mol. The van der Waals surface area contributed by atoms with E-state index < -0.39 is 0 Å². The van der Waals surface area contributed by atoms with Gasteiger partial charge in [0.1, 0.15) is 6.54 Å². The van der Waals surface area contributed by atoms with Crippen molar-refractivity contribution in [2.45, 2.75) is 39.8 Å². The van der Waals surface area contributed by atoms with Gasteiger partial charge >= 0.3 is 0 Å². The lowest BCUT2D eigenvalue weighted by Gasteiger charge is -2.12. The predicted octanol–water partition coefficient (Wildman–Crippen LogP) is 3.80. The van der Waals surface area contributed by atoms with E-state index >= 15 is 0 Å². The van der Waals surface area contributed by atoms with E-state index in [1.165, 1.54) is 10.6 Å². The number of aryl methyl sites for hydroxylation is 1. The monoisotopic (exact) mass is 416 g/mol. The number of pyridine rings is 1. The molecule has 0 aliphatic heterocycles. The van der Waals surface area contributed by atoms with E-state index in [0.29, 0.717) is 29.3 Å². The van der Waals surface area contributed by atoms with E-state index in [9.17, 15) is 9.59 Å². The molecule has 0 aliphatic rings. The molecule has 7 nitrogen and oxygen atoms in total. The zero-order valence-electron chi connectivity index (χ0n) is 17.8. The Labute approximate surface area is 179 Å². The fourth-order valence-corrected chi connectivity index (χ4v) is 3.36. The van der Waals surface area contributed by atoms with Gasteiger partial charge in [-0.1, -0.05) is 67.0 Å². The van der Waals surface area contributed by atoms with Crippen LogP contribution in [0.2, 0.25) is 0 Å². The molecule has 0 fully saturated rings. The smallest absolute Gasteiger partial charge is 0.258 e. The average molecular weight is 416 g/mol. The minimum Gasteiger partial charge on any atom is -0.350 e. The normalized spacial score (nSPS) is 11.2. The van der Waals surface area contributed by atoms with Crippen molar-refractivity contribution in [3.05, 3.63) is 81.9 Å². The molecule has 0 aliphatic carbocycles. The number of fused-ring (bicyclic) bond motifs is 1. The standard InChI is InChI=1S/C24H24N4O3/c1-15(2)23-26-24(31-27-23)19-12-22(30)28(20-7-5-4-6-18(19)20)14-21(29)25-13-17-10-8-16(3)9-11-17/h4-12,15H,13-14H2,1-3H3,(H,25,29). The molecule has 0 spiro atoms. The summed E-state index contributed by atoms with van der Waals surface area (Å²) >= 11 is 0. The minimum absolute atomic E-state index is 0.0768. The summed E-state index contributed by atoms with van der Waals surface area (Å²) in [6.45, 7) is 6.29. The first kappa shape index (κ1) is 20.5. The van der Waals surface area contributed by atoms with E-state index in [-0.39, 0.29) is 23.9 Å². The van der Waals surface area contributed by atoms with E-state index in [2.05, 4.69) is 15.5 Å². The van der Waals surface area contributed by atoms with Gasteiger partial charge in [0.25, 0.3) is 11.4 Å². The van der Waals surface area contributed by atoms with E-state index in [4.69, 9.17) is 4.52 Å². The third kappa shape index (κ3) is 4.40. The van der Waals surface area contributed by atoms with E-state index in [1.54, 1.807) is 0 Å². The Morgan fingerprint density at radius 2 is 1.87 bits per heavy atom. The number of amides is 1. The summed E-state index contributed by atoms with van der Waals surface area (Å²) in [6, 6.07) is 16.8. The van der Waals surface area contributed by atoms with Crippen LogP contribution in [-0.2, 0) is 17.9 Å². The van der Waals surface area contributed by atoms with Crippen LogP contribution in [0.25, 0.3) is 22.4 Å². The quantitative estimate of drug-likeness (QED) is 0.516. The fourth-order valence-electron chi connectivity index (χ4n) is 3.36. The lowest BCUT2D eigenvalue weighted by atomic mass is 10.1. The summed E-state index contributed by atoms with van der Waals surface area (Å²) in [4.78, 5) is 29.9. The van der Waals surface area contributed by atoms with Crippen LogP contribution in [0.4, 0.5) is 0 Å². The highest BCUT2D eigenvalue weighted by Gasteiger charge is 2.18. The van der Waals surface area contributed by atoms with Crippen LogP contribution in [0.5, 0.6) is 0 Å². The van der Waals surface area contributed by atoms with Crippen LogP contribution in [0.15, 0.2) is 63.9 Å². The van der Waals surface area contributed by atoms with Gasteiger partial charge in [0.2, 0.25) is 5.91 Å². The second-order valence-corrected chi connectivity index (χ2v) is 7.87. The number of rotatable bonds is 6. The van der Waals surface area contributed by atoms with Gasteiger partial charge in [-0.05, 0) is 18.6 Å². The van der Waals surface area contributed by atoms with Crippen molar-refractivity contribution in [1.82, 2.24) is 20.0 Å². The average Bonchev–Trinajstić information content (AvgIpc) is 3.25. The lowest BCUT2D eigenvalue weighted by Crippen LogP contribution is -2.32. The SMILES string of the molecule is Cc1ccc(CNC(=O)Cn2c(=O)cc(-c3nc(C(C)C)no3)c3ccccc32)cc1. The maximum absolute atomic E-state index is 12.9. The number of carbonyl (C=O) groups excluding carboxylic acids is 1. The molecule has 0 saturated heterocycles. The van der Waals surface area contributed by atoms with Crippen molar-refractivity contribution in [1.29, 1.82) is 0 Å². The highest BCUT2D eigenvalue weighted by Crippen LogP contribution is 2.27. The molecule has 2 aromatic carbocycles. The molecule has 31 heavy (non-hydrogen) atoms. The number of carbonyl (C=O) groups is 1. The Morgan fingerprint density at radius 1 is 1.13 bits per heavy atom. The molecule has 158 valence electrons. The minimum atomic E-state index is -0.302. The zero-order chi connectivity index (χ0) is 22.0. The van der Waals surface area contributed by atoms with Crippen LogP contribution >= 0.6 is 0 Å². The summed E-state index contributed by atoms with van der Waals surface area (Å²) in [5, 5.41) is 7.65. The molecule has 0 bridgehead atoms. The number of nitrogens with one attached hydrogen (secondary N) is 1. The van der Waals surface area contributed by atoms with Crippen molar-refractivity contribution in [3.8, 4) is 11.5 Å². The number of benzene rings is 2. The number of hydrogen-bond acceptors (Lipinski definition) is 5. The van der Waals surface area contributed by atoms with Gasteiger partial charge in [0, 0.05) is 23.9 Å². The van der Waals surface area contributed by atoms with E-state index in [1.807, 2.05) is 69.3 Å². The Bertz CT molecular complexity index is 1290. The first-order chi connectivity index (χ1) is 14.9. The highest BCUT2D eigenvalue weighted by molar-refractivity contribution is 5.93. The number of hydrogen-bond donors (Lipinski definition) is 1. The molecule has 4 rings (SSSR count). The van der Waals surface area contributed by atoms with Crippen LogP contribution < -0.4 is 10.9 Å². The Balaban J connectivity index is 1.62. The van der Waals surface area contributed by atoms with Gasteiger partial charge in [-0.3, -0.25) is 14.2 Å². The predicted molar refractivity (Wildman–Crippen MR) is 119 cm³/mol. The first-order valence-corrected chi connectivity index (χ1v) is 10.2. The fraction of sp³-hybridized carbons (Fsp3) is 0.250. The molecular formula is C24H24N4O3. The molecule has 2 aromatic heterocycles. The molecule has 0 unspecified atom stereocenters. The van der Waals surface area contributed by atoms with Crippen molar-refractivity contribution in [3.63, 3.8) is 0 Å². The molecule has 0 atom stereocenters. The maximum Gasteiger partial charge on any atom is 0.258 e. The zero-order valence-corrected chi connectivity index (χ0v) is 17.8. The second kappa shape index (κ2) is 8.55. The summed E-state index contributed by atoms with van der Waals surface area (Å²) in [5.74, 6) is 0.758. The Hall–Kier alpha value is -3.74. The molecule has 0 saturated carbocycles. The molecule has 7 heteroatoms. The molecule has 0 radical (unpaired) electrons. The van der Waals surface area contributed by atoms with Crippen molar-refractivity contribution in [2.24, 2.45) is 0 Å². The first-order valence-electron chi connectivity index (χ1n) is 10.2. The van der Waals surface area contributed by atoms with Crippen LogP contribution in [0.3, 0.4) is 0 Å².